The molecule has 2 unspecified atom stereocenters. The largest absolute Gasteiger partial charge is 0.462 e. The molecule has 8 nitrogen and oxygen atoms in total. The van der Waals surface area contributed by atoms with E-state index in [1.54, 1.807) is 0 Å². The number of halogens is 2. The maximum absolute atomic E-state index is 12.9. The molecule has 0 saturated carbocycles. The molecule has 0 fully saturated rings. The first-order chi connectivity index (χ1) is 26.3. The van der Waals surface area contributed by atoms with Gasteiger partial charge in [0.25, 0.3) is 0 Å². The van der Waals surface area contributed by atoms with E-state index in [-0.39, 0.29) is 38.0 Å². The number of alkyl halides is 2. The zero-order chi connectivity index (χ0) is 39.5. The monoisotopic (exact) mass is 799 g/mol. The SMILES string of the molecule is CCCCCCCCCCCCCC(=O)OCC(COC(=O)C(N)Cc1ccc(N(CCCl)CCCl)cc1)OC(=O)CCCCCCCCCCCCC. The summed E-state index contributed by atoms with van der Waals surface area (Å²) >= 11 is 11.9. The topological polar surface area (TPSA) is 108 Å². The summed E-state index contributed by atoms with van der Waals surface area (Å²) in [4.78, 5) is 40.3. The van der Waals surface area contributed by atoms with Gasteiger partial charge in [0.2, 0.25) is 0 Å². The van der Waals surface area contributed by atoms with E-state index in [1.807, 2.05) is 24.3 Å². The van der Waals surface area contributed by atoms with Crippen LogP contribution in [0, 0.1) is 0 Å². The Hall–Kier alpha value is -2.03. The first kappa shape index (κ1) is 50.0. The molecule has 0 radical (unpaired) electrons. The van der Waals surface area contributed by atoms with E-state index in [2.05, 4.69) is 18.7 Å². The van der Waals surface area contributed by atoms with Crippen LogP contribution in [0.25, 0.3) is 0 Å². The second kappa shape index (κ2) is 35.4. The summed E-state index contributed by atoms with van der Waals surface area (Å²) < 4.78 is 16.7. The van der Waals surface area contributed by atoms with Crippen LogP contribution in [-0.2, 0) is 35.0 Å². The van der Waals surface area contributed by atoms with Gasteiger partial charge < -0.3 is 24.8 Å². The Labute approximate surface area is 339 Å². The van der Waals surface area contributed by atoms with Gasteiger partial charge in [-0.25, -0.2) is 0 Å². The van der Waals surface area contributed by atoms with E-state index in [4.69, 9.17) is 43.1 Å². The molecule has 0 amide bonds. The zero-order valence-electron chi connectivity index (χ0n) is 34.1. The van der Waals surface area contributed by atoms with Crippen molar-refractivity contribution in [3.8, 4) is 0 Å². The number of carbonyl (C=O) groups is 3. The molecule has 0 heterocycles. The lowest BCUT2D eigenvalue weighted by molar-refractivity contribution is -0.167. The van der Waals surface area contributed by atoms with Gasteiger partial charge in [-0.2, -0.15) is 0 Å². The van der Waals surface area contributed by atoms with Crippen molar-refractivity contribution in [2.24, 2.45) is 5.73 Å². The molecule has 1 rings (SSSR count). The van der Waals surface area contributed by atoms with Crippen molar-refractivity contribution in [2.75, 3.05) is 43.0 Å². The molecule has 0 saturated heterocycles. The summed E-state index contributed by atoms with van der Waals surface area (Å²) in [6.07, 6.45) is 26.3. The Morgan fingerprint density at radius 2 is 1.00 bits per heavy atom. The van der Waals surface area contributed by atoms with Crippen molar-refractivity contribution in [1.29, 1.82) is 0 Å². The van der Waals surface area contributed by atoms with Gasteiger partial charge in [0.05, 0.1) is 0 Å². The second-order valence-electron chi connectivity index (χ2n) is 14.8. The van der Waals surface area contributed by atoms with Crippen molar-refractivity contribution in [3.63, 3.8) is 0 Å². The molecule has 1 aromatic rings. The van der Waals surface area contributed by atoms with Crippen molar-refractivity contribution in [3.05, 3.63) is 29.8 Å². The van der Waals surface area contributed by atoms with Crippen LogP contribution in [0.2, 0.25) is 0 Å². The number of ether oxygens (including phenoxy) is 3. The van der Waals surface area contributed by atoms with Gasteiger partial charge in [0.15, 0.2) is 6.10 Å². The van der Waals surface area contributed by atoms with Crippen LogP contribution in [0.3, 0.4) is 0 Å². The van der Waals surface area contributed by atoms with Crippen LogP contribution >= 0.6 is 23.2 Å². The molecule has 1 aromatic carbocycles. The lowest BCUT2D eigenvalue weighted by Gasteiger charge is -2.23. The van der Waals surface area contributed by atoms with Crippen LogP contribution < -0.4 is 10.6 Å². The average Bonchev–Trinajstić information content (AvgIpc) is 3.17. The minimum atomic E-state index is -0.908. The predicted molar refractivity (Wildman–Crippen MR) is 226 cm³/mol. The minimum absolute atomic E-state index is 0.161. The van der Waals surface area contributed by atoms with Crippen molar-refractivity contribution >= 4 is 46.8 Å². The fraction of sp³-hybridized carbons (Fsp3) is 0.795. The highest BCUT2D eigenvalue weighted by atomic mass is 35.5. The molecule has 54 heavy (non-hydrogen) atoms. The highest BCUT2D eigenvalue weighted by Crippen LogP contribution is 2.18. The Kier molecular flexibility index (Phi) is 32.8. The first-order valence-electron chi connectivity index (χ1n) is 21.6. The number of rotatable bonds is 37. The molecule has 0 aromatic heterocycles. The van der Waals surface area contributed by atoms with Crippen LogP contribution in [0.4, 0.5) is 5.69 Å². The van der Waals surface area contributed by atoms with E-state index in [0.717, 1.165) is 49.8 Å². The Morgan fingerprint density at radius 1 is 0.593 bits per heavy atom. The Balaban J connectivity index is 2.53. The number of benzene rings is 1. The summed E-state index contributed by atoms with van der Waals surface area (Å²) in [5.41, 5.74) is 8.10. The van der Waals surface area contributed by atoms with Gasteiger partial charge in [-0.1, -0.05) is 154 Å². The lowest BCUT2D eigenvalue weighted by Crippen LogP contribution is -2.38. The second-order valence-corrected chi connectivity index (χ2v) is 15.6. The fourth-order valence-electron chi connectivity index (χ4n) is 6.52. The van der Waals surface area contributed by atoms with Crippen LogP contribution in [0.15, 0.2) is 24.3 Å². The van der Waals surface area contributed by atoms with E-state index in [0.29, 0.717) is 31.3 Å². The highest BCUT2D eigenvalue weighted by molar-refractivity contribution is 6.18. The summed E-state index contributed by atoms with van der Waals surface area (Å²) in [6, 6.07) is 6.86. The molecule has 0 bridgehead atoms. The number of carbonyl (C=O) groups excluding carboxylic acids is 3. The Bertz CT molecular complexity index is 1050. The lowest BCUT2D eigenvalue weighted by atomic mass is 10.1. The van der Waals surface area contributed by atoms with Crippen molar-refractivity contribution in [2.45, 2.75) is 187 Å². The van der Waals surface area contributed by atoms with Gasteiger partial charge in [0, 0.05) is 43.4 Å². The molecule has 0 aliphatic carbocycles. The fourth-order valence-corrected chi connectivity index (χ4v) is 6.93. The molecule has 312 valence electrons. The minimum Gasteiger partial charge on any atom is -0.462 e. The Morgan fingerprint density at radius 3 is 1.44 bits per heavy atom. The van der Waals surface area contributed by atoms with E-state index >= 15 is 0 Å². The van der Waals surface area contributed by atoms with Crippen LogP contribution in [0.5, 0.6) is 0 Å². The molecular weight excluding hydrogens is 723 g/mol. The molecule has 10 heteroatoms. The average molecular weight is 800 g/mol. The number of esters is 3. The summed E-state index contributed by atoms with van der Waals surface area (Å²) in [7, 11) is 0. The maximum atomic E-state index is 12.9. The molecule has 0 aliphatic heterocycles. The maximum Gasteiger partial charge on any atom is 0.323 e. The summed E-state index contributed by atoms with van der Waals surface area (Å²) in [6.45, 7) is 5.45. The first-order valence-corrected chi connectivity index (χ1v) is 22.6. The number of hydrogen-bond acceptors (Lipinski definition) is 8. The quantitative estimate of drug-likeness (QED) is 0.0307. The summed E-state index contributed by atoms with van der Waals surface area (Å²) in [5, 5.41) is 0. The molecule has 2 N–H and O–H groups in total. The number of nitrogens with two attached hydrogens (primary N) is 1. The highest BCUT2D eigenvalue weighted by Gasteiger charge is 2.22. The molecule has 0 aliphatic rings. The third-order valence-electron chi connectivity index (χ3n) is 9.88. The number of anilines is 1. The molecular formula is C44H76Cl2N2O6. The van der Waals surface area contributed by atoms with Gasteiger partial charge in [-0.15, -0.1) is 23.2 Å². The zero-order valence-corrected chi connectivity index (χ0v) is 35.6. The van der Waals surface area contributed by atoms with Gasteiger partial charge in [-0.05, 0) is 37.0 Å². The molecule has 0 spiro atoms. The predicted octanol–water partition coefficient (Wildman–Crippen LogP) is 11.2. The van der Waals surface area contributed by atoms with Crippen LogP contribution in [-0.4, -0.2) is 68.1 Å². The summed E-state index contributed by atoms with van der Waals surface area (Å²) in [5.74, 6) is -0.342. The van der Waals surface area contributed by atoms with Gasteiger partial charge >= 0.3 is 17.9 Å². The number of hydrogen-bond donors (Lipinski definition) is 1. The van der Waals surface area contributed by atoms with Crippen molar-refractivity contribution < 1.29 is 28.6 Å². The standard InChI is InChI=1S/C44H76Cl2N2O6/c1-3-5-7-9-11-13-15-17-19-21-23-25-42(49)52-36-40(54-43(50)26-24-22-20-18-16-14-12-10-8-6-4-2)37-53-44(51)41(47)35-38-27-29-39(30-28-38)48(33-31-45)34-32-46/h27-30,40-41H,3-26,31-37,47H2,1-2H3. The third kappa shape index (κ3) is 27.5. The molecule has 2 atom stereocenters. The number of unbranched alkanes of at least 4 members (excludes halogenated alkanes) is 20. The van der Waals surface area contributed by atoms with Crippen molar-refractivity contribution in [1.82, 2.24) is 0 Å². The smallest absolute Gasteiger partial charge is 0.323 e. The van der Waals surface area contributed by atoms with E-state index in [9.17, 15) is 14.4 Å². The third-order valence-corrected chi connectivity index (χ3v) is 10.2. The normalized spacial score (nSPS) is 12.3. The van der Waals surface area contributed by atoms with E-state index in [1.165, 1.54) is 103 Å². The van der Waals surface area contributed by atoms with Gasteiger partial charge in [-0.3, -0.25) is 14.4 Å². The van der Waals surface area contributed by atoms with Gasteiger partial charge in [0.1, 0.15) is 19.3 Å². The number of nitrogens with zero attached hydrogens (tertiary/aromatic N) is 1. The van der Waals surface area contributed by atoms with E-state index < -0.39 is 18.1 Å². The van der Waals surface area contributed by atoms with Crippen LogP contribution in [0.1, 0.15) is 174 Å².